The molecule has 7 rings (SSSR count). The molecule has 1 N–H and O–H groups in total. The molecule has 1 aliphatic carbocycles. The Morgan fingerprint density at radius 1 is 1.00 bits per heavy atom. The molecule has 5 heteroatoms. The van der Waals surface area contributed by atoms with Crippen LogP contribution in [0.1, 0.15) is 75.1 Å². The maximum Gasteiger partial charge on any atom is 0.209 e. The number of hydrogen-bond acceptors (Lipinski definition) is 4. The predicted octanol–water partition coefficient (Wildman–Crippen LogP) is 7.35. The van der Waals surface area contributed by atoms with Gasteiger partial charge in [-0.2, -0.15) is 0 Å². The van der Waals surface area contributed by atoms with Crippen LogP contribution in [-0.4, -0.2) is 20.9 Å². The van der Waals surface area contributed by atoms with Crippen molar-refractivity contribution in [2.75, 3.05) is 10.2 Å². The van der Waals surface area contributed by atoms with Gasteiger partial charge < -0.3 is 10.2 Å². The number of anilines is 2. The van der Waals surface area contributed by atoms with Gasteiger partial charge in [0.15, 0.2) is 5.78 Å². The Bertz CT molecular complexity index is 1600. The van der Waals surface area contributed by atoms with E-state index in [1.54, 1.807) is 0 Å². The van der Waals surface area contributed by atoms with Crippen molar-refractivity contribution in [2.45, 2.75) is 70.5 Å². The fraction of sp³-hybridized carbons (Fsp3) is 0.333. The van der Waals surface area contributed by atoms with E-state index in [4.69, 9.17) is 4.98 Å². The van der Waals surface area contributed by atoms with Gasteiger partial charge in [-0.05, 0) is 73.9 Å². The largest absolute Gasteiger partial charge is 0.362 e. The van der Waals surface area contributed by atoms with Crippen molar-refractivity contribution in [1.82, 2.24) is 9.55 Å². The monoisotopic (exact) mass is 502 g/mol. The van der Waals surface area contributed by atoms with E-state index in [9.17, 15) is 4.79 Å². The highest BCUT2D eigenvalue weighted by Gasteiger charge is 2.39. The fourth-order valence-corrected chi connectivity index (χ4v) is 7.03. The van der Waals surface area contributed by atoms with Crippen molar-refractivity contribution in [2.24, 2.45) is 0 Å². The number of Topliss-reactive ketones (excluding diaryl/α,β-unsaturated/α-hetero) is 1. The van der Waals surface area contributed by atoms with Crippen LogP contribution >= 0.6 is 0 Å². The molecule has 0 unspecified atom stereocenters. The number of nitrogens with zero attached hydrogens (tertiary/aromatic N) is 3. The number of carbonyl (C=O) groups is 1. The smallest absolute Gasteiger partial charge is 0.209 e. The lowest BCUT2D eigenvalue weighted by Crippen LogP contribution is -2.47. The maximum absolute atomic E-state index is 13.4. The topological polar surface area (TPSA) is 50.2 Å². The number of rotatable bonds is 3. The summed E-state index contributed by atoms with van der Waals surface area (Å²) >= 11 is 0. The minimum atomic E-state index is -0.170. The SMILES string of the molecule is C[C@H]1CC(C)(C)N(Cc2ccccc2)c2ccc([C@H]3C4=C(CCCC4=O)Nc4nc5ccccc5n43)cc21. The molecule has 0 bridgehead atoms. The molecule has 0 amide bonds. The van der Waals surface area contributed by atoms with Crippen molar-refractivity contribution in [3.05, 3.63) is 101 Å². The second kappa shape index (κ2) is 8.59. The molecule has 1 aromatic heterocycles. The summed E-state index contributed by atoms with van der Waals surface area (Å²) in [6.07, 6.45) is 3.47. The first-order chi connectivity index (χ1) is 18.4. The van der Waals surface area contributed by atoms with Gasteiger partial charge in [0.25, 0.3) is 0 Å². The number of para-hydroxylation sites is 2. The van der Waals surface area contributed by atoms with Gasteiger partial charge in [-0.3, -0.25) is 9.36 Å². The fourth-order valence-electron chi connectivity index (χ4n) is 7.03. The Morgan fingerprint density at radius 2 is 1.79 bits per heavy atom. The minimum absolute atomic E-state index is 0.0429. The number of carbonyl (C=O) groups excluding carboxylic acids is 1. The van der Waals surface area contributed by atoms with Crippen LogP contribution in [0.4, 0.5) is 11.6 Å². The van der Waals surface area contributed by atoms with Gasteiger partial charge in [0, 0.05) is 35.5 Å². The zero-order valence-corrected chi connectivity index (χ0v) is 22.4. The summed E-state index contributed by atoms with van der Waals surface area (Å²) in [5.41, 5.74) is 9.17. The van der Waals surface area contributed by atoms with Gasteiger partial charge in [-0.25, -0.2) is 4.98 Å². The maximum atomic E-state index is 13.4. The molecule has 4 aromatic rings. The average Bonchev–Trinajstić information content (AvgIpc) is 3.28. The van der Waals surface area contributed by atoms with E-state index in [1.165, 1.54) is 22.4 Å². The van der Waals surface area contributed by atoms with Crippen molar-refractivity contribution >= 4 is 28.5 Å². The van der Waals surface area contributed by atoms with Crippen LogP contribution < -0.4 is 10.2 Å². The standard InChI is InChI=1S/C33H34N4O/c1-21-19-33(2,3)36(20-22-10-5-4-6-11-22)27-17-16-23(18-24(21)27)31-30-26(13-9-15-29(30)38)35-32-34-25-12-7-8-14-28(25)37(31)32/h4-8,10-12,14,16-18,21,31H,9,13,15,19-20H2,1-3H3,(H,34,35)/t21-,31-/m0/s1. The molecule has 2 atom stereocenters. The molecular formula is C33H34N4O. The summed E-state index contributed by atoms with van der Waals surface area (Å²) in [7, 11) is 0. The van der Waals surface area contributed by atoms with Crippen molar-refractivity contribution in [3.8, 4) is 0 Å². The van der Waals surface area contributed by atoms with Gasteiger partial charge in [-0.15, -0.1) is 0 Å². The summed E-state index contributed by atoms with van der Waals surface area (Å²) in [6.45, 7) is 7.95. The van der Waals surface area contributed by atoms with E-state index in [0.717, 1.165) is 54.1 Å². The molecule has 3 heterocycles. The Labute approximate surface area is 224 Å². The summed E-state index contributed by atoms with van der Waals surface area (Å²) in [6, 6.07) is 25.8. The molecule has 3 aliphatic rings. The van der Waals surface area contributed by atoms with E-state index >= 15 is 0 Å². The summed E-state index contributed by atoms with van der Waals surface area (Å²) < 4.78 is 2.25. The number of fused-ring (bicyclic) bond motifs is 4. The van der Waals surface area contributed by atoms with E-state index in [2.05, 4.69) is 102 Å². The van der Waals surface area contributed by atoms with Crippen LogP contribution in [0.3, 0.4) is 0 Å². The van der Waals surface area contributed by atoms with E-state index in [0.29, 0.717) is 12.3 Å². The first-order valence-corrected chi connectivity index (χ1v) is 13.9. The lowest BCUT2D eigenvalue weighted by atomic mass is 9.78. The summed E-state index contributed by atoms with van der Waals surface area (Å²) in [5, 5.41) is 3.54. The molecule has 5 nitrogen and oxygen atoms in total. The van der Waals surface area contributed by atoms with E-state index in [1.807, 2.05) is 6.07 Å². The highest BCUT2D eigenvalue weighted by molar-refractivity contribution is 6.00. The van der Waals surface area contributed by atoms with E-state index in [-0.39, 0.29) is 17.4 Å². The number of nitrogens with one attached hydrogen (secondary N) is 1. The molecule has 2 aliphatic heterocycles. The number of allylic oxidation sites excluding steroid dienone is 2. The molecule has 0 fully saturated rings. The highest BCUT2D eigenvalue weighted by Crippen LogP contribution is 2.48. The quantitative estimate of drug-likeness (QED) is 0.318. The third-order valence-electron chi connectivity index (χ3n) is 8.76. The van der Waals surface area contributed by atoms with Gasteiger partial charge in [0.2, 0.25) is 5.95 Å². The Morgan fingerprint density at radius 3 is 2.63 bits per heavy atom. The number of hydrogen-bond donors (Lipinski definition) is 1. The molecule has 0 saturated carbocycles. The molecule has 0 radical (unpaired) electrons. The number of aromatic nitrogens is 2. The van der Waals surface area contributed by atoms with E-state index < -0.39 is 0 Å². The molecule has 192 valence electrons. The molecule has 0 saturated heterocycles. The Balaban J connectivity index is 1.39. The molecule has 0 spiro atoms. The average molecular weight is 503 g/mol. The van der Waals surface area contributed by atoms with Gasteiger partial charge >= 0.3 is 0 Å². The van der Waals surface area contributed by atoms with Gasteiger partial charge in [-0.1, -0.05) is 61.5 Å². The van der Waals surface area contributed by atoms with Gasteiger partial charge in [0.1, 0.15) is 0 Å². The number of benzene rings is 3. The summed E-state index contributed by atoms with van der Waals surface area (Å²) in [4.78, 5) is 20.9. The van der Waals surface area contributed by atoms with Crippen molar-refractivity contribution < 1.29 is 4.79 Å². The van der Waals surface area contributed by atoms with Crippen LogP contribution in [0.25, 0.3) is 11.0 Å². The van der Waals surface area contributed by atoms with Gasteiger partial charge in [0.05, 0.1) is 17.1 Å². The lowest BCUT2D eigenvalue weighted by molar-refractivity contribution is -0.116. The third-order valence-corrected chi connectivity index (χ3v) is 8.76. The molecular weight excluding hydrogens is 468 g/mol. The second-order valence-electron chi connectivity index (χ2n) is 11.8. The first kappa shape index (κ1) is 23.3. The molecule has 3 aromatic carbocycles. The number of ketones is 1. The zero-order valence-electron chi connectivity index (χ0n) is 22.4. The molecule has 38 heavy (non-hydrogen) atoms. The van der Waals surface area contributed by atoms with Crippen LogP contribution in [-0.2, 0) is 11.3 Å². The van der Waals surface area contributed by atoms with Crippen molar-refractivity contribution in [3.63, 3.8) is 0 Å². The second-order valence-corrected chi connectivity index (χ2v) is 11.8. The third kappa shape index (κ3) is 3.59. The Kier molecular flexibility index (Phi) is 5.26. The Hall–Kier alpha value is -3.86. The summed E-state index contributed by atoms with van der Waals surface area (Å²) in [5.74, 6) is 1.51. The normalized spacial score (nSPS) is 22.1. The van der Waals surface area contributed by atoms with Crippen LogP contribution in [0.15, 0.2) is 84.1 Å². The lowest BCUT2D eigenvalue weighted by Gasteiger charge is -2.48. The van der Waals surface area contributed by atoms with Crippen LogP contribution in [0.5, 0.6) is 0 Å². The predicted molar refractivity (Wildman–Crippen MR) is 154 cm³/mol. The minimum Gasteiger partial charge on any atom is -0.362 e. The highest BCUT2D eigenvalue weighted by atomic mass is 16.1. The zero-order chi connectivity index (χ0) is 26.0. The van der Waals surface area contributed by atoms with Crippen molar-refractivity contribution in [1.29, 1.82) is 0 Å². The van der Waals surface area contributed by atoms with Crippen LogP contribution in [0, 0.1) is 0 Å². The number of imidazole rings is 1. The van der Waals surface area contributed by atoms with Crippen LogP contribution in [0.2, 0.25) is 0 Å². The first-order valence-electron chi connectivity index (χ1n) is 13.9.